The zero-order valence-electron chi connectivity index (χ0n) is 10.8. The van der Waals surface area contributed by atoms with Crippen molar-refractivity contribution >= 4 is 11.8 Å². The lowest BCUT2D eigenvalue weighted by molar-refractivity contribution is -0.135. The van der Waals surface area contributed by atoms with Crippen LogP contribution >= 0.6 is 0 Å². The third-order valence-corrected chi connectivity index (χ3v) is 4.28. The van der Waals surface area contributed by atoms with E-state index in [4.69, 9.17) is 0 Å². The minimum Gasteiger partial charge on any atom is -0.355 e. The van der Waals surface area contributed by atoms with Gasteiger partial charge in [-0.25, -0.2) is 0 Å². The number of nitrogens with zero attached hydrogens (tertiary/aromatic N) is 1. The average molecular weight is 238 g/mol. The average Bonchev–Trinajstić information content (AvgIpc) is 2.88. The lowest BCUT2D eigenvalue weighted by Gasteiger charge is -2.24. The molecule has 0 aliphatic carbocycles. The van der Waals surface area contributed by atoms with E-state index in [1.54, 1.807) is 0 Å². The van der Waals surface area contributed by atoms with Gasteiger partial charge in [0.1, 0.15) is 0 Å². The van der Waals surface area contributed by atoms with Crippen LogP contribution in [0.3, 0.4) is 0 Å². The van der Waals surface area contributed by atoms with Crippen molar-refractivity contribution < 1.29 is 9.59 Å². The van der Waals surface area contributed by atoms with Crippen LogP contribution in [0.25, 0.3) is 0 Å². The maximum absolute atomic E-state index is 12.2. The lowest BCUT2D eigenvalue weighted by atomic mass is 9.86. The second kappa shape index (κ2) is 4.67. The van der Waals surface area contributed by atoms with E-state index in [9.17, 15) is 9.59 Å². The molecule has 0 radical (unpaired) electrons. The van der Waals surface area contributed by atoms with E-state index in [-0.39, 0.29) is 23.1 Å². The Morgan fingerprint density at radius 3 is 2.71 bits per heavy atom. The zero-order chi connectivity index (χ0) is 12.5. The molecule has 2 rings (SSSR count). The second-order valence-corrected chi connectivity index (χ2v) is 5.48. The van der Waals surface area contributed by atoms with Crippen molar-refractivity contribution in [3.8, 4) is 0 Å². The maximum Gasteiger partial charge on any atom is 0.225 e. The van der Waals surface area contributed by atoms with E-state index in [1.807, 2.05) is 4.90 Å². The number of likely N-dealkylation sites (tertiary alicyclic amines) is 1. The fourth-order valence-corrected chi connectivity index (χ4v) is 3.06. The maximum atomic E-state index is 12.2. The van der Waals surface area contributed by atoms with Crippen LogP contribution in [0.4, 0.5) is 0 Å². The van der Waals surface area contributed by atoms with Gasteiger partial charge in [-0.2, -0.15) is 0 Å². The molecule has 4 nitrogen and oxygen atoms in total. The van der Waals surface area contributed by atoms with Gasteiger partial charge in [-0.3, -0.25) is 9.59 Å². The third kappa shape index (κ3) is 2.31. The van der Waals surface area contributed by atoms with E-state index in [2.05, 4.69) is 19.2 Å². The number of hydrogen-bond donors (Lipinski definition) is 1. The van der Waals surface area contributed by atoms with Crippen molar-refractivity contribution in [2.24, 2.45) is 11.3 Å². The highest BCUT2D eigenvalue weighted by Crippen LogP contribution is 2.37. The smallest absolute Gasteiger partial charge is 0.225 e. The van der Waals surface area contributed by atoms with Gasteiger partial charge in [-0.1, -0.05) is 13.8 Å². The molecular formula is C13H22N2O2. The fourth-order valence-electron chi connectivity index (χ4n) is 3.06. The molecule has 4 heteroatoms. The summed E-state index contributed by atoms with van der Waals surface area (Å²) in [5.74, 6) is 0.586. The first-order chi connectivity index (χ1) is 8.10. The fraction of sp³-hybridized carbons (Fsp3) is 0.846. The molecule has 17 heavy (non-hydrogen) atoms. The van der Waals surface area contributed by atoms with Gasteiger partial charge in [0, 0.05) is 37.4 Å². The monoisotopic (exact) mass is 238 g/mol. The van der Waals surface area contributed by atoms with Gasteiger partial charge in [0.15, 0.2) is 0 Å². The number of carbonyl (C=O) groups excluding carboxylic acids is 2. The Morgan fingerprint density at radius 2 is 2.18 bits per heavy atom. The standard InChI is InChI=1S/C13H22N2O2/c1-3-10(4-2)12(17)15-6-5-13(9-15)7-11(16)14-8-13/h10H,3-9H2,1-2H3,(H,14,16). The Bertz CT molecular complexity index is 325. The molecule has 0 saturated carbocycles. The van der Waals surface area contributed by atoms with Gasteiger partial charge < -0.3 is 10.2 Å². The highest BCUT2D eigenvalue weighted by molar-refractivity contribution is 5.81. The SMILES string of the molecule is CCC(CC)C(=O)N1CCC2(CNC(=O)C2)C1. The molecule has 2 saturated heterocycles. The normalized spacial score (nSPS) is 28.2. The van der Waals surface area contributed by atoms with Crippen LogP contribution in [0.1, 0.15) is 39.5 Å². The topological polar surface area (TPSA) is 49.4 Å². The van der Waals surface area contributed by atoms with Gasteiger partial charge >= 0.3 is 0 Å². The second-order valence-electron chi connectivity index (χ2n) is 5.48. The van der Waals surface area contributed by atoms with E-state index in [0.29, 0.717) is 6.42 Å². The van der Waals surface area contributed by atoms with Crippen molar-refractivity contribution in [1.29, 1.82) is 0 Å². The van der Waals surface area contributed by atoms with Gasteiger partial charge in [0.2, 0.25) is 11.8 Å². The lowest BCUT2D eigenvalue weighted by Crippen LogP contribution is -2.36. The van der Waals surface area contributed by atoms with Crippen LogP contribution in [-0.4, -0.2) is 36.3 Å². The quantitative estimate of drug-likeness (QED) is 0.802. The number of nitrogens with one attached hydrogen (secondary N) is 1. The number of carbonyl (C=O) groups is 2. The number of rotatable bonds is 3. The van der Waals surface area contributed by atoms with Gasteiger partial charge in [-0.05, 0) is 19.3 Å². The minimum absolute atomic E-state index is 0.0405. The first-order valence-electron chi connectivity index (χ1n) is 6.66. The summed E-state index contributed by atoms with van der Waals surface area (Å²) in [4.78, 5) is 25.5. The molecule has 96 valence electrons. The molecule has 0 bridgehead atoms. The van der Waals surface area contributed by atoms with Crippen molar-refractivity contribution in [3.63, 3.8) is 0 Å². The Morgan fingerprint density at radius 1 is 1.47 bits per heavy atom. The summed E-state index contributed by atoms with van der Waals surface area (Å²) in [5, 5.41) is 2.89. The Kier molecular flexibility index (Phi) is 3.40. The summed E-state index contributed by atoms with van der Waals surface area (Å²) in [6.45, 7) is 6.47. The molecule has 2 amide bonds. The first kappa shape index (κ1) is 12.4. The minimum atomic E-state index is 0.0405. The number of amides is 2. The largest absolute Gasteiger partial charge is 0.355 e. The highest BCUT2D eigenvalue weighted by Gasteiger charge is 2.45. The molecule has 0 aromatic heterocycles. The first-order valence-corrected chi connectivity index (χ1v) is 6.66. The van der Waals surface area contributed by atoms with Crippen molar-refractivity contribution in [3.05, 3.63) is 0 Å². The van der Waals surface area contributed by atoms with Gasteiger partial charge in [0.05, 0.1) is 0 Å². The summed E-state index contributed by atoms with van der Waals surface area (Å²) in [7, 11) is 0. The molecule has 2 fully saturated rings. The van der Waals surface area contributed by atoms with E-state index >= 15 is 0 Å². The predicted octanol–water partition coefficient (Wildman–Crippen LogP) is 1.16. The Labute approximate surface area is 103 Å². The highest BCUT2D eigenvalue weighted by atomic mass is 16.2. The zero-order valence-corrected chi connectivity index (χ0v) is 10.8. The molecule has 2 aliphatic rings. The van der Waals surface area contributed by atoms with Gasteiger partial charge in [-0.15, -0.1) is 0 Å². The molecule has 0 aromatic carbocycles. The number of hydrogen-bond acceptors (Lipinski definition) is 2. The summed E-state index contributed by atoms with van der Waals surface area (Å²) in [6, 6.07) is 0. The summed E-state index contributed by atoms with van der Waals surface area (Å²) in [5.41, 5.74) is 0.0405. The van der Waals surface area contributed by atoms with Crippen LogP contribution in [0, 0.1) is 11.3 Å². The van der Waals surface area contributed by atoms with Crippen LogP contribution in [0.5, 0.6) is 0 Å². The molecule has 1 spiro atoms. The third-order valence-electron chi connectivity index (χ3n) is 4.28. The van der Waals surface area contributed by atoms with Crippen molar-refractivity contribution in [2.75, 3.05) is 19.6 Å². The Balaban J connectivity index is 1.98. The molecule has 2 aliphatic heterocycles. The van der Waals surface area contributed by atoms with E-state index in [0.717, 1.165) is 38.9 Å². The summed E-state index contributed by atoms with van der Waals surface area (Å²) < 4.78 is 0. The van der Waals surface area contributed by atoms with Crippen LogP contribution < -0.4 is 5.32 Å². The summed E-state index contributed by atoms with van der Waals surface area (Å²) >= 11 is 0. The van der Waals surface area contributed by atoms with Crippen LogP contribution in [0.15, 0.2) is 0 Å². The van der Waals surface area contributed by atoms with Crippen molar-refractivity contribution in [2.45, 2.75) is 39.5 Å². The molecule has 1 atom stereocenters. The molecule has 0 aromatic rings. The van der Waals surface area contributed by atoms with E-state index < -0.39 is 0 Å². The molecular weight excluding hydrogens is 216 g/mol. The van der Waals surface area contributed by atoms with E-state index in [1.165, 1.54) is 0 Å². The molecule has 1 unspecified atom stereocenters. The molecule has 2 heterocycles. The Hall–Kier alpha value is -1.06. The van der Waals surface area contributed by atoms with Gasteiger partial charge in [0.25, 0.3) is 0 Å². The van der Waals surface area contributed by atoms with Crippen LogP contribution in [0.2, 0.25) is 0 Å². The van der Waals surface area contributed by atoms with Crippen molar-refractivity contribution in [1.82, 2.24) is 10.2 Å². The van der Waals surface area contributed by atoms with Crippen LogP contribution in [-0.2, 0) is 9.59 Å². The molecule has 1 N–H and O–H groups in total. The summed E-state index contributed by atoms with van der Waals surface area (Å²) in [6.07, 6.45) is 3.39. The predicted molar refractivity (Wildman–Crippen MR) is 65.3 cm³/mol.